The molecule has 0 aromatic rings. The van der Waals surface area contributed by atoms with Crippen molar-refractivity contribution in [2.24, 2.45) is 5.92 Å². The average molecular weight is 334 g/mol. The van der Waals surface area contributed by atoms with Crippen molar-refractivity contribution in [1.29, 1.82) is 0 Å². The second-order valence-electron chi connectivity index (χ2n) is 4.29. The summed E-state index contributed by atoms with van der Waals surface area (Å²) in [5.41, 5.74) is 0.0616. The minimum absolute atomic E-state index is 0. The Hall–Kier alpha value is -2.06. The van der Waals surface area contributed by atoms with Gasteiger partial charge in [-0.05, 0) is 0 Å². The minimum atomic E-state index is -0.619. The molecule has 134 valence electrons. The summed E-state index contributed by atoms with van der Waals surface area (Å²) in [5.74, 6) is -2.29. The van der Waals surface area contributed by atoms with Crippen molar-refractivity contribution in [2.45, 2.75) is 27.2 Å². The molecule has 0 heterocycles. The number of rotatable bonds is 8. The maximum atomic E-state index is 10.7. The lowest BCUT2D eigenvalue weighted by Gasteiger charge is -2.05. The van der Waals surface area contributed by atoms with E-state index in [1.807, 2.05) is 0 Å². The fourth-order valence-corrected chi connectivity index (χ4v) is 1.20. The van der Waals surface area contributed by atoms with Gasteiger partial charge in [-0.1, -0.05) is 20.9 Å². The van der Waals surface area contributed by atoms with Gasteiger partial charge in [-0.15, -0.1) is 0 Å². The van der Waals surface area contributed by atoms with Crippen molar-refractivity contribution >= 4 is 23.5 Å². The summed E-state index contributed by atoms with van der Waals surface area (Å²) < 4.78 is 8.67. The van der Waals surface area contributed by atoms with Crippen molar-refractivity contribution in [3.63, 3.8) is 0 Å². The van der Waals surface area contributed by atoms with Crippen LogP contribution in [0, 0.1) is 5.92 Å². The van der Waals surface area contributed by atoms with E-state index in [1.54, 1.807) is 6.92 Å². The van der Waals surface area contributed by atoms with Gasteiger partial charge < -0.3 is 19.7 Å². The molecule has 0 spiro atoms. The number of ether oxygens (including phenoxy) is 2. The fraction of sp³-hybridized carbons (Fsp3) is 0.600. The molecule has 1 atom stereocenters. The summed E-state index contributed by atoms with van der Waals surface area (Å²) >= 11 is 0. The van der Waals surface area contributed by atoms with Crippen LogP contribution in [0.3, 0.4) is 0 Å². The van der Waals surface area contributed by atoms with Crippen molar-refractivity contribution in [2.75, 3.05) is 27.4 Å². The highest BCUT2D eigenvalue weighted by atomic mass is 16.5. The van der Waals surface area contributed by atoms with Crippen LogP contribution < -0.4 is 0 Å². The Balaban J connectivity index is -0.000000333. The Morgan fingerprint density at radius 3 is 1.83 bits per heavy atom. The van der Waals surface area contributed by atoms with Gasteiger partial charge in [-0.2, -0.15) is 0 Å². The standard InChI is InChI=1S/C7H12O4.C7H10O4.CH4/c2*1-5(7(10)11-2)3-6(9)4-8;/h5,8H,3-4H2,1-2H3;8H,1,3-4H2,2H3;1H4. The van der Waals surface area contributed by atoms with Crippen molar-refractivity contribution in [3.05, 3.63) is 12.2 Å². The highest BCUT2D eigenvalue weighted by molar-refractivity contribution is 5.95. The van der Waals surface area contributed by atoms with Gasteiger partial charge >= 0.3 is 11.9 Å². The first-order chi connectivity index (χ1) is 10.2. The van der Waals surface area contributed by atoms with E-state index in [2.05, 4.69) is 16.1 Å². The molecule has 0 saturated heterocycles. The molecule has 0 rings (SSSR count). The van der Waals surface area contributed by atoms with Crippen LogP contribution in [0.5, 0.6) is 0 Å². The number of hydrogen-bond acceptors (Lipinski definition) is 8. The Labute approximate surface area is 136 Å². The normalized spacial score (nSPS) is 10.1. The Bertz CT molecular complexity index is 414. The highest BCUT2D eigenvalue weighted by Crippen LogP contribution is 2.03. The van der Waals surface area contributed by atoms with Crippen molar-refractivity contribution in [3.8, 4) is 0 Å². The first-order valence-electron chi connectivity index (χ1n) is 6.32. The molecule has 0 fully saturated rings. The molecule has 0 aliphatic rings. The lowest BCUT2D eigenvalue weighted by atomic mass is 10.1. The van der Waals surface area contributed by atoms with Crippen LogP contribution in [0.15, 0.2) is 12.2 Å². The maximum Gasteiger partial charge on any atom is 0.333 e. The van der Waals surface area contributed by atoms with Crippen molar-refractivity contribution < 1.29 is 38.9 Å². The molecule has 2 N–H and O–H groups in total. The number of carbonyl (C=O) groups is 4. The van der Waals surface area contributed by atoms with Gasteiger partial charge in [0.05, 0.1) is 20.1 Å². The van der Waals surface area contributed by atoms with Gasteiger partial charge in [0.1, 0.15) is 13.2 Å². The molecular weight excluding hydrogens is 308 g/mol. The topological polar surface area (TPSA) is 127 Å². The van der Waals surface area contributed by atoms with Gasteiger partial charge in [-0.3, -0.25) is 14.4 Å². The number of Topliss-reactive ketones (excluding diaryl/α,β-unsaturated/α-hetero) is 2. The van der Waals surface area contributed by atoms with E-state index in [0.29, 0.717) is 0 Å². The molecule has 0 amide bonds. The third-order valence-corrected chi connectivity index (χ3v) is 2.37. The quantitative estimate of drug-likeness (QED) is 0.471. The van der Waals surface area contributed by atoms with Crippen LogP contribution in [0.4, 0.5) is 0 Å². The zero-order chi connectivity index (χ0) is 17.7. The Morgan fingerprint density at radius 1 is 1.00 bits per heavy atom. The minimum Gasteiger partial charge on any atom is -0.469 e. The number of aliphatic hydroxyl groups is 2. The molecule has 8 heteroatoms. The van der Waals surface area contributed by atoms with Crippen LogP contribution in [0.25, 0.3) is 0 Å². The SMILES string of the molecule is C.C=C(CC(=O)CO)C(=O)OC.COC(=O)C(C)CC(=O)CO. The van der Waals surface area contributed by atoms with E-state index in [9.17, 15) is 19.2 Å². The van der Waals surface area contributed by atoms with Crippen LogP contribution >= 0.6 is 0 Å². The molecule has 0 aliphatic carbocycles. The number of esters is 2. The molecule has 0 radical (unpaired) electrons. The van der Waals surface area contributed by atoms with E-state index in [0.717, 1.165) is 0 Å². The summed E-state index contributed by atoms with van der Waals surface area (Å²) in [7, 11) is 2.47. The van der Waals surface area contributed by atoms with Gasteiger partial charge in [0.15, 0.2) is 11.6 Å². The zero-order valence-corrected chi connectivity index (χ0v) is 13.0. The number of aliphatic hydroxyl groups excluding tert-OH is 2. The predicted molar refractivity (Wildman–Crippen MR) is 82.5 cm³/mol. The number of methoxy groups -OCH3 is 2. The molecule has 0 aliphatic heterocycles. The second-order valence-corrected chi connectivity index (χ2v) is 4.29. The van der Waals surface area contributed by atoms with E-state index in [-0.39, 0.29) is 31.6 Å². The van der Waals surface area contributed by atoms with Gasteiger partial charge in [0.2, 0.25) is 0 Å². The Morgan fingerprint density at radius 2 is 1.48 bits per heavy atom. The number of ketones is 2. The van der Waals surface area contributed by atoms with Gasteiger partial charge in [0.25, 0.3) is 0 Å². The van der Waals surface area contributed by atoms with Gasteiger partial charge in [0, 0.05) is 18.4 Å². The predicted octanol–water partition coefficient (Wildman–Crippen LogP) is 0.0502. The molecule has 0 saturated carbocycles. The molecule has 0 aromatic heterocycles. The first kappa shape index (κ1) is 25.9. The Kier molecular flexibility index (Phi) is 16.7. The average Bonchev–Trinajstić information content (AvgIpc) is 2.52. The summed E-state index contributed by atoms with van der Waals surface area (Å²) in [5, 5.41) is 16.6. The molecular formula is C15H26O8. The van der Waals surface area contributed by atoms with E-state index >= 15 is 0 Å². The highest BCUT2D eigenvalue weighted by Gasteiger charge is 2.16. The summed E-state index contributed by atoms with van der Waals surface area (Å²) in [4.78, 5) is 42.4. The second kappa shape index (κ2) is 14.9. The maximum absolute atomic E-state index is 10.7. The molecule has 1 unspecified atom stereocenters. The summed E-state index contributed by atoms with van der Waals surface area (Å²) in [6.07, 6.45) is -0.105. The van der Waals surface area contributed by atoms with E-state index in [4.69, 9.17) is 10.2 Å². The fourth-order valence-electron chi connectivity index (χ4n) is 1.20. The van der Waals surface area contributed by atoms with Crippen LogP contribution in [-0.2, 0) is 28.7 Å². The third kappa shape index (κ3) is 13.3. The summed E-state index contributed by atoms with van der Waals surface area (Å²) in [6.45, 7) is 3.80. The molecule has 0 aromatic carbocycles. The van der Waals surface area contributed by atoms with E-state index < -0.39 is 36.9 Å². The molecule has 8 nitrogen and oxygen atoms in total. The van der Waals surface area contributed by atoms with Crippen LogP contribution in [0.2, 0.25) is 0 Å². The summed E-state index contributed by atoms with van der Waals surface area (Å²) in [6, 6.07) is 0. The third-order valence-electron chi connectivity index (χ3n) is 2.37. The monoisotopic (exact) mass is 334 g/mol. The first-order valence-corrected chi connectivity index (χ1v) is 6.32. The van der Waals surface area contributed by atoms with Crippen molar-refractivity contribution in [1.82, 2.24) is 0 Å². The lowest BCUT2D eigenvalue weighted by Crippen LogP contribution is -2.18. The lowest BCUT2D eigenvalue weighted by molar-refractivity contribution is -0.146. The zero-order valence-electron chi connectivity index (χ0n) is 13.0. The molecule has 0 bridgehead atoms. The molecule has 23 heavy (non-hydrogen) atoms. The van der Waals surface area contributed by atoms with E-state index in [1.165, 1.54) is 14.2 Å². The van der Waals surface area contributed by atoms with Crippen LogP contribution in [0.1, 0.15) is 27.2 Å². The number of carbonyl (C=O) groups excluding carboxylic acids is 4. The smallest absolute Gasteiger partial charge is 0.333 e. The largest absolute Gasteiger partial charge is 0.469 e. The number of hydrogen-bond donors (Lipinski definition) is 2. The van der Waals surface area contributed by atoms with Crippen LogP contribution in [-0.4, -0.2) is 61.2 Å². The van der Waals surface area contributed by atoms with Gasteiger partial charge in [-0.25, -0.2) is 4.79 Å².